The van der Waals surface area contributed by atoms with Gasteiger partial charge in [0, 0.05) is 11.0 Å². The number of rotatable bonds is 4. The van der Waals surface area contributed by atoms with E-state index < -0.39 is 0 Å². The average molecular weight is 357 g/mol. The summed E-state index contributed by atoms with van der Waals surface area (Å²) in [4.78, 5) is 17.7. The van der Waals surface area contributed by atoms with Crippen LogP contribution in [0.3, 0.4) is 0 Å². The predicted molar refractivity (Wildman–Crippen MR) is 92.1 cm³/mol. The SMILES string of the molecule is Cc1noc(-c2c(NC(=O)C=Cc3ccco3)sc3c2CCOC3)n1. The monoisotopic (exact) mass is 357 g/mol. The number of ether oxygens (including phenoxy) is 1. The molecular formula is C17H15N3O4S. The molecule has 128 valence electrons. The maximum absolute atomic E-state index is 12.3. The van der Waals surface area contributed by atoms with Crippen LogP contribution in [0.4, 0.5) is 5.00 Å². The van der Waals surface area contributed by atoms with Gasteiger partial charge in [0.1, 0.15) is 10.8 Å². The van der Waals surface area contributed by atoms with Gasteiger partial charge in [-0.25, -0.2) is 0 Å². The summed E-state index contributed by atoms with van der Waals surface area (Å²) in [5, 5.41) is 7.45. The summed E-state index contributed by atoms with van der Waals surface area (Å²) in [5.74, 6) is 1.33. The second-order valence-electron chi connectivity index (χ2n) is 5.50. The molecule has 0 aromatic carbocycles. The highest BCUT2D eigenvalue weighted by Crippen LogP contribution is 2.42. The summed E-state index contributed by atoms with van der Waals surface area (Å²) < 4.78 is 16.0. The maximum atomic E-state index is 12.3. The molecule has 1 aliphatic rings. The van der Waals surface area contributed by atoms with Crippen molar-refractivity contribution in [3.8, 4) is 11.5 Å². The maximum Gasteiger partial charge on any atom is 0.261 e. The second-order valence-corrected chi connectivity index (χ2v) is 6.60. The van der Waals surface area contributed by atoms with Crippen LogP contribution in [0.2, 0.25) is 0 Å². The minimum absolute atomic E-state index is 0.256. The number of fused-ring (bicyclic) bond motifs is 1. The summed E-state index contributed by atoms with van der Waals surface area (Å²) in [7, 11) is 0. The third kappa shape index (κ3) is 3.26. The first-order valence-corrected chi connectivity index (χ1v) is 8.58. The van der Waals surface area contributed by atoms with E-state index in [4.69, 9.17) is 13.7 Å². The van der Waals surface area contributed by atoms with Gasteiger partial charge >= 0.3 is 0 Å². The Kier molecular flexibility index (Phi) is 4.21. The summed E-state index contributed by atoms with van der Waals surface area (Å²) in [6, 6.07) is 3.54. The fraction of sp³-hybridized carbons (Fsp3) is 0.235. The molecule has 0 atom stereocenters. The van der Waals surface area contributed by atoms with Crippen LogP contribution < -0.4 is 5.32 Å². The molecule has 0 spiro atoms. The summed E-state index contributed by atoms with van der Waals surface area (Å²) >= 11 is 1.48. The van der Waals surface area contributed by atoms with Gasteiger partial charge in [0.2, 0.25) is 5.91 Å². The second kappa shape index (κ2) is 6.66. The summed E-state index contributed by atoms with van der Waals surface area (Å²) in [6.07, 6.45) is 5.35. The van der Waals surface area contributed by atoms with Crippen LogP contribution in [0.1, 0.15) is 22.0 Å². The molecule has 0 saturated carbocycles. The van der Waals surface area contributed by atoms with Crippen LogP contribution in [-0.4, -0.2) is 22.7 Å². The molecule has 4 rings (SSSR count). The molecule has 1 N–H and O–H groups in total. The minimum atomic E-state index is -0.256. The molecule has 3 aromatic heterocycles. The van der Waals surface area contributed by atoms with Crippen LogP contribution in [0, 0.1) is 6.92 Å². The lowest BCUT2D eigenvalue weighted by Crippen LogP contribution is -2.09. The molecule has 7 nitrogen and oxygen atoms in total. The topological polar surface area (TPSA) is 90.4 Å². The van der Waals surface area contributed by atoms with E-state index in [1.54, 1.807) is 31.4 Å². The summed E-state index contributed by atoms with van der Waals surface area (Å²) in [6.45, 7) is 2.92. The van der Waals surface area contributed by atoms with Crippen molar-refractivity contribution in [1.29, 1.82) is 0 Å². The molecule has 8 heteroatoms. The minimum Gasteiger partial charge on any atom is -0.465 e. The lowest BCUT2D eigenvalue weighted by atomic mass is 10.1. The van der Waals surface area contributed by atoms with Crippen molar-refractivity contribution in [2.75, 3.05) is 11.9 Å². The molecule has 1 amide bonds. The Morgan fingerprint density at radius 3 is 3.12 bits per heavy atom. The zero-order valence-corrected chi connectivity index (χ0v) is 14.3. The molecule has 25 heavy (non-hydrogen) atoms. The van der Waals surface area contributed by atoms with Gasteiger partial charge in [0.25, 0.3) is 5.89 Å². The third-order valence-electron chi connectivity index (χ3n) is 3.74. The van der Waals surface area contributed by atoms with Gasteiger partial charge < -0.3 is 19.0 Å². The number of hydrogen-bond acceptors (Lipinski definition) is 7. The number of aromatic nitrogens is 2. The highest BCUT2D eigenvalue weighted by molar-refractivity contribution is 7.17. The number of thiophene rings is 1. The van der Waals surface area contributed by atoms with Crippen molar-refractivity contribution < 1.29 is 18.5 Å². The van der Waals surface area contributed by atoms with Crippen LogP contribution in [-0.2, 0) is 22.6 Å². The first-order chi connectivity index (χ1) is 12.2. The average Bonchev–Trinajstić information content (AvgIpc) is 3.32. The molecule has 0 radical (unpaired) electrons. The number of hydrogen-bond donors (Lipinski definition) is 1. The van der Waals surface area contributed by atoms with E-state index >= 15 is 0 Å². The Bertz CT molecular complexity index is 924. The van der Waals surface area contributed by atoms with E-state index in [1.165, 1.54) is 17.4 Å². The number of amides is 1. The van der Waals surface area contributed by atoms with Gasteiger partial charge in [0.05, 0.1) is 25.0 Å². The van der Waals surface area contributed by atoms with Crippen LogP contribution in [0.5, 0.6) is 0 Å². The summed E-state index contributed by atoms with van der Waals surface area (Å²) in [5.41, 5.74) is 1.90. The molecule has 0 unspecified atom stereocenters. The van der Waals surface area contributed by atoms with Crippen LogP contribution in [0.25, 0.3) is 17.5 Å². The Labute approximate surface area is 147 Å². The van der Waals surface area contributed by atoms with Crippen LogP contribution >= 0.6 is 11.3 Å². The standard InChI is InChI=1S/C17H15N3O4S/c1-10-18-16(24-20-10)15-12-6-8-22-9-13(12)25-17(15)19-14(21)5-4-11-3-2-7-23-11/h2-5,7H,6,8-9H2,1H3,(H,19,21). The third-order valence-corrected chi connectivity index (χ3v) is 4.86. The van der Waals surface area contributed by atoms with E-state index in [-0.39, 0.29) is 5.91 Å². The van der Waals surface area contributed by atoms with E-state index in [0.29, 0.717) is 35.7 Å². The molecule has 0 fully saturated rings. The van der Waals surface area contributed by atoms with Crippen molar-refractivity contribution >= 4 is 28.3 Å². The van der Waals surface area contributed by atoms with Crippen molar-refractivity contribution in [3.63, 3.8) is 0 Å². The normalized spacial score (nSPS) is 14.0. The van der Waals surface area contributed by atoms with Crippen molar-refractivity contribution in [2.45, 2.75) is 20.0 Å². The molecule has 0 bridgehead atoms. The van der Waals surface area contributed by atoms with Gasteiger partial charge in [-0.05, 0) is 37.1 Å². The Morgan fingerprint density at radius 2 is 2.36 bits per heavy atom. The van der Waals surface area contributed by atoms with Crippen molar-refractivity contribution in [1.82, 2.24) is 10.1 Å². The molecule has 0 aliphatic carbocycles. The van der Waals surface area contributed by atoms with Gasteiger partial charge in [-0.2, -0.15) is 4.98 Å². The lowest BCUT2D eigenvalue weighted by Gasteiger charge is -2.12. The zero-order valence-electron chi connectivity index (χ0n) is 13.4. The number of aryl methyl sites for hydroxylation is 1. The highest BCUT2D eigenvalue weighted by Gasteiger charge is 2.26. The predicted octanol–water partition coefficient (Wildman–Crippen LogP) is 3.42. The zero-order chi connectivity index (χ0) is 17.2. The smallest absolute Gasteiger partial charge is 0.261 e. The van der Waals surface area contributed by atoms with Crippen molar-refractivity contribution in [3.05, 3.63) is 46.5 Å². The van der Waals surface area contributed by atoms with E-state index in [2.05, 4.69) is 15.5 Å². The van der Waals surface area contributed by atoms with E-state index in [0.717, 1.165) is 22.4 Å². The quantitative estimate of drug-likeness (QED) is 0.720. The Balaban J connectivity index is 1.64. The largest absolute Gasteiger partial charge is 0.465 e. The number of nitrogens with zero attached hydrogens (tertiary/aromatic N) is 2. The first-order valence-electron chi connectivity index (χ1n) is 7.76. The first kappa shape index (κ1) is 15.8. The van der Waals surface area contributed by atoms with Crippen LogP contribution in [0.15, 0.2) is 33.4 Å². The van der Waals surface area contributed by atoms with E-state index in [1.807, 2.05) is 0 Å². The lowest BCUT2D eigenvalue weighted by molar-refractivity contribution is -0.111. The number of carbonyl (C=O) groups is 1. The fourth-order valence-corrected chi connectivity index (χ4v) is 3.82. The Hall–Kier alpha value is -2.71. The number of furan rings is 1. The van der Waals surface area contributed by atoms with Gasteiger partial charge in [-0.3, -0.25) is 4.79 Å². The fourth-order valence-electron chi connectivity index (χ4n) is 2.64. The highest BCUT2D eigenvalue weighted by atomic mass is 32.1. The Morgan fingerprint density at radius 1 is 1.44 bits per heavy atom. The van der Waals surface area contributed by atoms with E-state index in [9.17, 15) is 4.79 Å². The number of nitrogens with one attached hydrogen (secondary N) is 1. The molecule has 1 aliphatic heterocycles. The number of anilines is 1. The van der Waals surface area contributed by atoms with Gasteiger partial charge in [-0.1, -0.05) is 5.16 Å². The molecule has 0 saturated heterocycles. The van der Waals surface area contributed by atoms with Gasteiger partial charge in [0.15, 0.2) is 5.82 Å². The number of carbonyl (C=O) groups excluding carboxylic acids is 1. The van der Waals surface area contributed by atoms with Gasteiger partial charge in [-0.15, -0.1) is 11.3 Å². The molecular weight excluding hydrogens is 342 g/mol. The molecule has 4 heterocycles. The molecule has 3 aromatic rings. The van der Waals surface area contributed by atoms with Crippen molar-refractivity contribution in [2.24, 2.45) is 0 Å².